The van der Waals surface area contributed by atoms with Crippen molar-refractivity contribution in [3.63, 3.8) is 0 Å². The van der Waals surface area contributed by atoms with Gasteiger partial charge in [0.1, 0.15) is 35.2 Å². The van der Waals surface area contributed by atoms with Crippen LogP contribution in [0.4, 0.5) is 0 Å². The van der Waals surface area contributed by atoms with Gasteiger partial charge in [-0.15, -0.1) is 0 Å². The highest BCUT2D eigenvalue weighted by atomic mass is 14.9. The molecular formula is C85H110N5+5. The molecule has 0 N–H and O–H groups in total. The van der Waals surface area contributed by atoms with Gasteiger partial charge >= 0.3 is 0 Å². The van der Waals surface area contributed by atoms with Crippen LogP contribution in [0.1, 0.15) is 195 Å². The van der Waals surface area contributed by atoms with Gasteiger partial charge < -0.3 is 0 Å². The summed E-state index contributed by atoms with van der Waals surface area (Å²) in [4.78, 5) is 0. The zero-order valence-electron chi connectivity index (χ0n) is 82.8. The lowest BCUT2D eigenvalue weighted by Crippen LogP contribution is -2.32. The van der Waals surface area contributed by atoms with Gasteiger partial charge in [-0.3, -0.25) is 0 Å². The van der Waals surface area contributed by atoms with Gasteiger partial charge in [0.05, 0.1) is 0 Å². The Labute approximate surface area is 583 Å². The fourth-order valence-corrected chi connectivity index (χ4v) is 10.8. The highest BCUT2D eigenvalue weighted by molar-refractivity contribution is 5.65. The normalized spacial score (nSPS) is 17.5. The van der Waals surface area contributed by atoms with Gasteiger partial charge in [0.15, 0.2) is 31.0 Å². The van der Waals surface area contributed by atoms with E-state index in [0.29, 0.717) is 22.4 Å². The van der Waals surface area contributed by atoms with Crippen molar-refractivity contribution in [2.24, 2.45) is 35.2 Å². The number of aromatic nitrogens is 5. The predicted molar refractivity (Wildman–Crippen MR) is 383 cm³/mol. The third kappa shape index (κ3) is 17.8. The largest absolute Gasteiger partial charge is 0.212 e. The second kappa shape index (κ2) is 34.2. The van der Waals surface area contributed by atoms with E-state index in [9.17, 15) is 0 Å². The van der Waals surface area contributed by atoms with Crippen molar-refractivity contribution >= 4 is 0 Å². The molecule has 0 aliphatic rings. The molecule has 0 fully saturated rings. The second-order valence-corrected chi connectivity index (χ2v) is 22.1. The molecule has 10 aromatic rings. The van der Waals surface area contributed by atoms with Crippen LogP contribution in [0.3, 0.4) is 0 Å². The minimum Gasteiger partial charge on any atom is -0.201 e. The van der Waals surface area contributed by atoms with Crippen LogP contribution < -0.4 is 22.8 Å². The van der Waals surface area contributed by atoms with Crippen molar-refractivity contribution in [2.45, 2.75) is 167 Å². The van der Waals surface area contributed by atoms with Crippen LogP contribution in [0.15, 0.2) is 183 Å². The fraction of sp³-hybridized carbons (Fsp3) is 0.353. The maximum atomic E-state index is 8.41. The van der Waals surface area contributed by atoms with Crippen LogP contribution in [0, 0.1) is 41.5 Å². The summed E-state index contributed by atoms with van der Waals surface area (Å²) in [6.07, 6.45) is -5.04. The predicted octanol–water partition coefficient (Wildman–Crippen LogP) is 18.4. The molecule has 5 heterocycles. The average molecular weight is 1230 g/mol. The van der Waals surface area contributed by atoms with Crippen LogP contribution >= 0.6 is 0 Å². The first-order valence-electron chi connectivity index (χ1n) is 43.7. The summed E-state index contributed by atoms with van der Waals surface area (Å²) in [7, 11) is 9.04. The summed E-state index contributed by atoms with van der Waals surface area (Å²) in [5.41, 5.74) is 16.3. The maximum absolute atomic E-state index is 8.41. The van der Waals surface area contributed by atoms with E-state index in [4.69, 9.17) is 37.0 Å². The molecule has 1 atom stereocenters. The smallest absolute Gasteiger partial charge is 0.201 e. The standard InChI is InChI=1S/C18H24N.3C17H22N.C16H20N/c1-6-15-11-18(16-10-8-7-9-14(16)4)19(5)12-17(15)13(2)3;3*1-5-14-11-17(18(4)12-15(14)6-2)16-10-8-7-9-13(16)3;1-5-14-10-16(17(4)11-13(14)3)15-9-7-6-8-12(15)2/h7-13H,6H2,1-5H3;3*7-12H,5-6H2,1-4H3;6-11H,5H2,1-4H3/q5*+1/i2D3,6D2,13D;1D3,2D3,5D2,6D2;5D2,6D2;5D2;3D3,5D2. The van der Waals surface area contributed by atoms with Crippen LogP contribution in [-0.4, -0.2) is 0 Å². The van der Waals surface area contributed by atoms with E-state index in [1.807, 2.05) is 149 Å². The van der Waals surface area contributed by atoms with E-state index >= 15 is 0 Å². The molecule has 0 radical (unpaired) electrons. The van der Waals surface area contributed by atoms with Gasteiger partial charge in [0, 0.05) is 123 Å². The van der Waals surface area contributed by atoms with Gasteiger partial charge in [-0.25, -0.2) is 22.8 Å². The number of hydrogen-bond acceptors (Lipinski definition) is 0. The van der Waals surface area contributed by atoms with E-state index < -0.39 is 89.0 Å². The monoisotopic (exact) mass is 1230 g/mol. The van der Waals surface area contributed by atoms with Crippen molar-refractivity contribution in [1.29, 1.82) is 0 Å². The molecule has 0 aliphatic heterocycles. The number of pyridine rings is 5. The molecule has 90 heavy (non-hydrogen) atoms. The highest BCUT2D eigenvalue weighted by Gasteiger charge is 2.21. The zero-order valence-corrected chi connectivity index (χ0v) is 55.8. The third-order valence-electron chi connectivity index (χ3n) is 16.0. The van der Waals surface area contributed by atoms with Gasteiger partial charge in [0.25, 0.3) is 0 Å². The van der Waals surface area contributed by atoms with E-state index in [1.165, 1.54) is 63.2 Å². The molecular weight excluding hydrogens is 1090 g/mol. The Morgan fingerprint density at radius 3 is 0.933 bits per heavy atom. The molecule has 5 aromatic heterocycles. The molecule has 0 saturated heterocycles. The van der Waals surface area contributed by atoms with Crippen molar-refractivity contribution in [1.82, 2.24) is 0 Å². The lowest BCUT2D eigenvalue weighted by atomic mass is 9.95. The number of nitrogens with zero attached hydrogens (tertiary/aromatic N) is 5. The molecule has 0 amide bonds. The van der Waals surface area contributed by atoms with E-state index in [2.05, 4.69) is 36.7 Å². The third-order valence-corrected chi connectivity index (χ3v) is 16.0. The average Bonchev–Trinajstić information content (AvgIpc) is 0.740. The van der Waals surface area contributed by atoms with Crippen LogP contribution in [0.2, 0.25) is 0 Å². The Bertz CT molecular complexity index is 5060. The zero-order chi connectivity index (χ0) is 89.2. The Morgan fingerprint density at radius 1 is 0.333 bits per heavy atom. The second-order valence-electron chi connectivity index (χ2n) is 22.1. The molecule has 10 rings (SSSR count). The van der Waals surface area contributed by atoms with Gasteiger partial charge in [-0.05, 0) is 184 Å². The molecule has 5 nitrogen and oxygen atoms in total. The molecule has 1 unspecified atom stereocenters. The summed E-state index contributed by atoms with van der Waals surface area (Å²) >= 11 is 0. The molecule has 5 heteroatoms. The Hall–Kier alpha value is -8.15. The topological polar surface area (TPSA) is 19.4 Å². The maximum Gasteiger partial charge on any atom is 0.212 e. The van der Waals surface area contributed by atoms with E-state index in [-0.39, 0.29) is 22.3 Å². The van der Waals surface area contributed by atoms with Crippen LogP contribution in [-0.2, 0) is 86.3 Å². The molecule has 0 saturated carbocycles. The number of benzene rings is 5. The first-order chi connectivity index (χ1) is 53.2. The summed E-state index contributed by atoms with van der Waals surface area (Å²) < 4.78 is 222. The number of hydrogen-bond donors (Lipinski definition) is 0. The lowest BCUT2D eigenvalue weighted by Gasteiger charge is -2.12. The molecule has 470 valence electrons. The van der Waals surface area contributed by atoms with Crippen molar-refractivity contribution in [3.8, 4) is 56.3 Å². The van der Waals surface area contributed by atoms with Gasteiger partial charge in [0.2, 0.25) is 28.5 Å². The summed E-state index contributed by atoms with van der Waals surface area (Å²) in [5, 5.41) is 0. The Balaban J connectivity index is 0.000000228. The number of aryl methyl sites for hydroxylation is 19. The van der Waals surface area contributed by atoms with Crippen molar-refractivity contribution in [3.05, 3.63) is 266 Å². The molecule has 0 spiro atoms. The quantitative estimate of drug-likeness (QED) is 0.0967. The van der Waals surface area contributed by atoms with Gasteiger partial charge in [-0.2, -0.15) is 0 Å². The Morgan fingerprint density at radius 2 is 0.611 bits per heavy atom. The minimum absolute atomic E-state index is 0.0554. The van der Waals surface area contributed by atoms with Crippen LogP contribution in [0.5, 0.6) is 0 Å². The molecule has 0 aliphatic carbocycles. The fourth-order valence-electron chi connectivity index (χ4n) is 10.8. The van der Waals surface area contributed by atoms with E-state index in [0.717, 1.165) is 84.8 Å². The van der Waals surface area contributed by atoms with Crippen LogP contribution in [0.25, 0.3) is 56.3 Å². The lowest BCUT2D eigenvalue weighted by molar-refractivity contribution is -0.661. The molecule has 0 bridgehead atoms. The summed E-state index contributed by atoms with van der Waals surface area (Å²) in [5.74, 6) is -1.91. The SMILES string of the molecule is [2H]C([2H])(C)c1cc(-c2ccccc2C)[n+](C)cc1C([2H])(C)C([2H])([2H])[2H].[2H]C([2H])(C)c1cc(-c2ccccc2C)[n+](C)cc1C([2H])([2H])C.[2H]C([2H])(C)c1cc(-c2ccccc2C)[n+](C)cc1CC.[2H]C([2H])([2H])C([2H])([2H])c1cc(-c2ccccc2C)[n+](C)cc1C([2H])([2H])C([2H])([2H])[2H].[2H]C([2H])([2H])c1c[n+](C)c(-c2ccccc2C)cc1C([2H])([2H])C. The van der Waals surface area contributed by atoms with E-state index in [1.54, 1.807) is 79.9 Å². The first-order valence-corrected chi connectivity index (χ1v) is 30.2. The summed E-state index contributed by atoms with van der Waals surface area (Å²) in [6, 6.07) is 47.3. The first kappa shape index (κ1) is 41.3. The Kier molecular flexibility index (Phi) is 15.7. The summed E-state index contributed by atoms with van der Waals surface area (Å²) in [6.45, 7) is 9.48. The minimum atomic E-state index is -3.12. The number of rotatable bonds is 14. The van der Waals surface area contributed by atoms with Crippen molar-refractivity contribution < 1.29 is 59.8 Å². The highest BCUT2D eigenvalue weighted by Crippen LogP contribution is 2.29. The van der Waals surface area contributed by atoms with Gasteiger partial charge in [-0.1, -0.05) is 160 Å². The molecule has 5 aromatic carbocycles. The van der Waals surface area contributed by atoms with Crippen molar-refractivity contribution in [2.75, 3.05) is 0 Å².